The number of hydrogen-bond acceptors (Lipinski definition) is 4. The smallest absolute Gasteiger partial charge is 0.163 e. The normalized spacial score (nSPS) is 25.1. The van der Waals surface area contributed by atoms with Crippen molar-refractivity contribution in [3.63, 3.8) is 0 Å². The van der Waals surface area contributed by atoms with Gasteiger partial charge in [-0.25, -0.2) is 0 Å². The molecule has 0 aliphatic carbocycles. The first-order valence-corrected chi connectivity index (χ1v) is 6.95. The molecular formula is C16H22O4. The molecule has 4 nitrogen and oxygen atoms in total. The first-order valence-electron chi connectivity index (χ1n) is 6.95. The van der Waals surface area contributed by atoms with Crippen molar-refractivity contribution in [1.82, 2.24) is 0 Å². The van der Waals surface area contributed by atoms with Crippen LogP contribution in [-0.2, 0) is 14.3 Å². The minimum atomic E-state index is -0.622. The first-order chi connectivity index (χ1) is 9.57. The lowest BCUT2D eigenvalue weighted by atomic mass is 9.90. The molecule has 4 heteroatoms. The van der Waals surface area contributed by atoms with Crippen LogP contribution in [0.4, 0.5) is 0 Å². The Balaban J connectivity index is 2.28. The fourth-order valence-electron chi connectivity index (χ4n) is 2.57. The number of carbonyl (C=O) groups is 1. The van der Waals surface area contributed by atoms with E-state index in [4.69, 9.17) is 14.2 Å². The second-order valence-electron chi connectivity index (χ2n) is 5.50. The van der Waals surface area contributed by atoms with Gasteiger partial charge in [0.2, 0.25) is 0 Å². The van der Waals surface area contributed by atoms with Crippen LogP contribution < -0.4 is 4.74 Å². The van der Waals surface area contributed by atoms with Crippen LogP contribution in [0.5, 0.6) is 5.75 Å². The Labute approximate surface area is 120 Å². The third-order valence-electron chi connectivity index (χ3n) is 3.58. The molecule has 1 aromatic rings. The summed E-state index contributed by atoms with van der Waals surface area (Å²) in [6.45, 7) is 4.40. The van der Waals surface area contributed by atoms with Crippen molar-refractivity contribution in [3.8, 4) is 5.75 Å². The molecule has 1 saturated heterocycles. The molecule has 1 aliphatic heterocycles. The first kappa shape index (κ1) is 15.0. The van der Waals surface area contributed by atoms with Gasteiger partial charge < -0.3 is 19.0 Å². The number of methoxy groups -OCH3 is 1. The predicted octanol–water partition coefficient (Wildman–Crippen LogP) is 3.11. The van der Waals surface area contributed by atoms with Crippen LogP contribution in [0, 0.1) is 5.92 Å². The summed E-state index contributed by atoms with van der Waals surface area (Å²) in [4.78, 5) is 10.6. The Morgan fingerprint density at radius 2 is 2.15 bits per heavy atom. The maximum absolute atomic E-state index is 10.6. The lowest BCUT2D eigenvalue weighted by Crippen LogP contribution is -2.41. The van der Waals surface area contributed by atoms with E-state index in [0.29, 0.717) is 13.0 Å². The Bertz CT molecular complexity index is 456. The molecule has 1 fully saturated rings. The highest BCUT2D eigenvalue weighted by Gasteiger charge is 2.38. The zero-order valence-electron chi connectivity index (χ0n) is 12.3. The van der Waals surface area contributed by atoms with Crippen molar-refractivity contribution in [2.75, 3.05) is 13.7 Å². The zero-order valence-corrected chi connectivity index (χ0v) is 12.3. The van der Waals surface area contributed by atoms with E-state index in [1.807, 2.05) is 38.1 Å². The third-order valence-corrected chi connectivity index (χ3v) is 3.58. The lowest BCUT2D eigenvalue weighted by Gasteiger charge is -2.41. The van der Waals surface area contributed by atoms with Gasteiger partial charge in [0.05, 0.1) is 19.8 Å². The minimum Gasteiger partial charge on any atom is -0.496 e. The van der Waals surface area contributed by atoms with Crippen LogP contribution in [0.15, 0.2) is 24.3 Å². The summed E-state index contributed by atoms with van der Waals surface area (Å²) in [5.41, 5.74) is 1.02. The standard InChI is InChI=1S/C16H22O4/c1-16(2)19-11-12(7-6-10-17)15(20-16)13-8-4-5-9-14(13)18-3/h4-5,8-10,12,15H,6-7,11H2,1-3H3/t12-,15+/m1/s1. The number of rotatable bonds is 5. The van der Waals surface area contributed by atoms with Crippen LogP contribution in [0.1, 0.15) is 38.4 Å². The van der Waals surface area contributed by atoms with Crippen LogP contribution in [0.2, 0.25) is 0 Å². The number of ether oxygens (including phenoxy) is 3. The summed E-state index contributed by atoms with van der Waals surface area (Å²) in [6, 6.07) is 7.85. The maximum atomic E-state index is 10.6. The van der Waals surface area contributed by atoms with E-state index in [0.717, 1.165) is 24.0 Å². The Morgan fingerprint density at radius 1 is 1.40 bits per heavy atom. The predicted molar refractivity (Wildman–Crippen MR) is 75.6 cm³/mol. The van der Waals surface area contributed by atoms with Crippen LogP contribution in [0.25, 0.3) is 0 Å². The van der Waals surface area contributed by atoms with E-state index in [1.165, 1.54) is 0 Å². The monoisotopic (exact) mass is 278 g/mol. The van der Waals surface area contributed by atoms with Crippen molar-refractivity contribution < 1.29 is 19.0 Å². The van der Waals surface area contributed by atoms with Crippen molar-refractivity contribution in [2.45, 2.75) is 38.6 Å². The maximum Gasteiger partial charge on any atom is 0.163 e. The van der Waals surface area contributed by atoms with Crippen LogP contribution in [-0.4, -0.2) is 25.8 Å². The van der Waals surface area contributed by atoms with E-state index in [9.17, 15) is 4.79 Å². The summed E-state index contributed by atoms with van der Waals surface area (Å²) in [7, 11) is 1.66. The molecule has 0 saturated carbocycles. The summed E-state index contributed by atoms with van der Waals surface area (Å²) < 4.78 is 17.2. The molecule has 0 bridgehead atoms. The molecule has 2 rings (SSSR count). The zero-order chi connectivity index (χ0) is 14.6. The third kappa shape index (κ3) is 3.38. The Hall–Kier alpha value is -1.39. The molecule has 20 heavy (non-hydrogen) atoms. The molecule has 0 N–H and O–H groups in total. The highest BCUT2D eigenvalue weighted by Crippen LogP contribution is 2.41. The fourth-order valence-corrected chi connectivity index (χ4v) is 2.57. The van der Waals surface area contributed by atoms with Crippen molar-refractivity contribution >= 4 is 6.29 Å². The fraction of sp³-hybridized carbons (Fsp3) is 0.562. The molecule has 0 aromatic heterocycles. The van der Waals surface area contributed by atoms with E-state index in [2.05, 4.69) is 0 Å². The van der Waals surface area contributed by atoms with Gasteiger partial charge in [-0.1, -0.05) is 18.2 Å². The van der Waals surface area contributed by atoms with Crippen LogP contribution in [0.3, 0.4) is 0 Å². The van der Waals surface area contributed by atoms with Crippen LogP contribution >= 0.6 is 0 Å². The Morgan fingerprint density at radius 3 is 2.85 bits per heavy atom. The summed E-state index contributed by atoms with van der Waals surface area (Å²) in [6.07, 6.45) is 2.10. The molecule has 1 heterocycles. The average molecular weight is 278 g/mol. The van der Waals surface area contributed by atoms with Gasteiger partial charge in [0, 0.05) is 17.9 Å². The van der Waals surface area contributed by atoms with Gasteiger partial charge in [0.15, 0.2) is 5.79 Å². The molecular weight excluding hydrogens is 256 g/mol. The van der Waals surface area contributed by atoms with E-state index in [-0.39, 0.29) is 12.0 Å². The highest BCUT2D eigenvalue weighted by atomic mass is 16.7. The molecule has 2 atom stereocenters. The molecule has 1 aliphatic rings. The van der Waals surface area contributed by atoms with Crippen molar-refractivity contribution in [1.29, 1.82) is 0 Å². The molecule has 0 unspecified atom stereocenters. The second kappa shape index (κ2) is 6.37. The topological polar surface area (TPSA) is 44.8 Å². The largest absolute Gasteiger partial charge is 0.496 e. The lowest BCUT2D eigenvalue weighted by molar-refractivity contribution is -0.296. The summed E-state index contributed by atoms with van der Waals surface area (Å²) in [5, 5.41) is 0. The molecule has 0 spiro atoms. The Kier molecular flexibility index (Phi) is 4.78. The van der Waals surface area contributed by atoms with E-state index < -0.39 is 5.79 Å². The van der Waals surface area contributed by atoms with Gasteiger partial charge in [-0.3, -0.25) is 0 Å². The minimum absolute atomic E-state index is 0.116. The number of carbonyl (C=O) groups excluding carboxylic acids is 1. The van der Waals surface area contributed by atoms with E-state index >= 15 is 0 Å². The van der Waals surface area contributed by atoms with Gasteiger partial charge in [-0.05, 0) is 26.3 Å². The second-order valence-corrected chi connectivity index (χ2v) is 5.50. The molecule has 0 amide bonds. The quantitative estimate of drug-likeness (QED) is 0.776. The SMILES string of the molecule is COc1ccccc1[C@H]1OC(C)(C)OC[C@H]1CCC=O. The summed E-state index contributed by atoms with van der Waals surface area (Å²) in [5.74, 6) is 0.347. The van der Waals surface area contributed by atoms with Gasteiger partial charge in [0.25, 0.3) is 0 Å². The van der Waals surface area contributed by atoms with Gasteiger partial charge in [-0.15, -0.1) is 0 Å². The van der Waals surface area contributed by atoms with Crippen molar-refractivity contribution in [2.24, 2.45) is 5.92 Å². The number of benzene rings is 1. The summed E-state index contributed by atoms with van der Waals surface area (Å²) >= 11 is 0. The van der Waals surface area contributed by atoms with Crippen molar-refractivity contribution in [3.05, 3.63) is 29.8 Å². The molecule has 0 radical (unpaired) electrons. The molecule has 110 valence electrons. The van der Waals surface area contributed by atoms with Gasteiger partial charge >= 0.3 is 0 Å². The highest BCUT2D eigenvalue weighted by molar-refractivity contribution is 5.49. The van der Waals surface area contributed by atoms with Gasteiger partial charge in [0.1, 0.15) is 12.0 Å². The van der Waals surface area contributed by atoms with Gasteiger partial charge in [-0.2, -0.15) is 0 Å². The van der Waals surface area contributed by atoms with E-state index in [1.54, 1.807) is 7.11 Å². The number of hydrogen-bond donors (Lipinski definition) is 0. The number of para-hydroxylation sites is 1. The molecule has 1 aromatic carbocycles. The number of aldehydes is 1. The average Bonchev–Trinajstić information content (AvgIpc) is 2.45.